The van der Waals surface area contributed by atoms with Gasteiger partial charge in [0.1, 0.15) is 12.4 Å². The van der Waals surface area contributed by atoms with Gasteiger partial charge in [-0.25, -0.2) is 5.06 Å². The number of carbonyl (C=O) groups excluding carboxylic acids is 2. The Labute approximate surface area is 127 Å². The molecule has 3 rings (SSSR count). The molecule has 0 aromatic heterocycles. The Kier molecular flexibility index (Phi) is 3.65. The van der Waals surface area contributed by atoms with E-state index in [9.17, 15) is 14.8 Å². The second kappa shape index (κ2) is 5.61. The molecule has 1 aliphatic rings. The van der Waals surface area contributed by atoms with E-state index in [1.165, 1.54) is 6.92 Å². The largest absolute Gasteiger partial charge is 0.488 e. The summed E-state index contributed by atoms with van der Waals surface area (Å²) in [7, 11) is 0. The molecule has 0 spiro atoms. The van der Waals surface area contributed by atoms with E-state index in [1.54, 1.807) is 24.3 Å². The molecular weight excluding hydrogens is 282 g/mol. The fourth-order valence-corrected chi connectivity index (χ4v) is 2.49. The van der Waals surface area contributed by atoms with Crippen LogP contribution in [0.3, 0.4) is 0 Å². The van der Waals surface area contributed by atoms with E-state index in [2.05, 4.69) is 0 Å². The Balaban J connectivity index is 2.04. The lowest BCUT2D eigenvalue weighted by atomic mass is 9.98. The van der Waals surface area contributed by atoms with Gasteiger partial charge in [0.05, 0.1) is 12.1 Å². The van der Waals surface area contributed by atoms with Gasteiger partial charge in [-0.05, 0) is 6.07 Å². The molecule has 0 atom stereocenters. The average molecular weight is 297 g/mol. The normalized spacial score (nSPS) is 12.7. The molecular formula is C17H15NO4. The van der Waals surface area contributed by atoms with E-state index in [1.807, 2.05) is 18.2 Å². The summed E-state index contributed by atoms with van der Waals surface area (Å²) in [5.74, 6) is -0.165. The molecule has 0 saturated carbocycles. The third kappa shape index (κ3) is 2.46. The Morgan fingerprint density at radius 1 is 1.18 bits per heavy atom. The van der Waals surface area contributed by atoms with Crippen LogP contribution in [-0.2, 0) is 17.9 Å². The van der Waals surface area contributed by atoms with E-state index in [4.69, 9.17) is 4.74 Å². The first kappa shape index (κ1) is 14.3. The number of para-hydroxylation sites is 1. The molecule has 0 aliphatic carbocycles. The number of carbonyl (C=O) groups is 2. The third-order valence-electron chi connectivity index (χ3n) is 3.66. The number of ketones is 1. The van der Waals surface area contributed by atoms with Crippen molar-refractivity contribution < 1.29 is 19.5 Å². The second-order valence-electron chi connectivity index (χ2n) is 5.15. The highest BCUT2D eigenvalue weighted by molar-refractivity contribution is 6.12. The first-order chi connectivity index (χ1) is 10.6. The SMILES string of the molecule is CC(=O)N(O)Cc1cccc2c1OCc1ccccc1C2=O. The number of rotatable bonds is 2. The Morgan fingerprint density at radius 3 is 2.68 bits per heavy atom. The molecule has 0 unspecified atom stereocenters. The van der Waals surface area contributed by atoms with Crippen molar-refractivity contribution in [3.8, 4) is 5.75 Å². The number of fused-ring (bicyclic) bond motifs is 2. The highest BCUT2D eigenvalue weighted by Crippen LogP contribution is 2.32. The van der Waals surface area contributed by atoms with Crippen molar-refractivity contribution in [2.75, 3.05) is 0 Å². The van der Waals surface area contributed by atoms with Gasteiger partial charge in [-0.3, -0.25) is 14.8 Å². The third-order valence-corrected chi connectivity index (χ3v) is 3.66. The fraction of sp³-hybridized carbons (Fsp3) is 0.176. The Bertz CT molecular complexity index is 754. The van der Waals surface area contributed by atoms with Gasteiger partial charge in [0.15, 0.2) is 5.78 Å². The maximum atomic E-state index is 12.7. The molecule has 1 amide bonds. The quantitative estimate of drug-likeness (QED) is 0.683. The molecule has 0 saturated heterocycles. The van der Waals surface area contributed by atoms with Crippen LogP contribution in [0.4, 0.5) is 0 Å². The van der Waals surface area contributed by atoms with E-state index < -0.39 is 5.91 Å². The van der Waals surface area contributed by atoms with Gasteiger partial charge < -0.3 is 4.74 Å². The molecule has 0 radical (unpaired) electrons. The maximum absolute atomic E-state index is 12.7. The van der Waals surface area contributed by atoms with Crippen LogP contribution in [0.1, 0.15) is 34.0 Å². The zero-order valence-electron chi connectivity index (χ0n) is 12.1. The van der Waals surface area contributed by atoms with Gasteiger partial charge in [-0.2, -0.15) is 0 Å². The Hall–Kier alpha value is -2.66. The van der Waals surface area contributed by atoms with E-state index in [-0.39, 0.29) is 18.9 Å². The van der Waals surface area contributed by atoms with Crippen LogP contribution in [0.2, 0.25) is 0 Å². The highest BCUT2D eigenvalue weighted by atomic mass is 16.5. The minimum absolute atomic E-state index is 0.0257. The van der Waals surface area contributed by atoms with Gasteiger partial charge in [0, 0.05) is 23.6 Å². The Morgan fingerprint density at radius 2 is 1.91 bits per heavy atom. The number of ether oxygens (including phenoxy) is 1. The molecule has 1 N–H and O–H groups in total. The van der Waals surface area contributed by atoms with Crippen molar-refractivity contribution in [1.82, 2.24) is 5.06 Å². The van der Waals surface area contributed by atoms with Crippen molar-refractivity contribution in [2.24, 2.45) is 0 Å². The predicted molar refractivity (Wildman–Crippen MR) is 78.7 cm³/mol. The van der Waals surface area contributed by atoms with Gasteiger partial charge in [-0.15, -0.1) is 0 Å². The topological polar surface area (TPSA) is 66.8 Å². The first-order valence-electron chi connectivity index (χ1n) is 6.92. The minimum Gasteiger partial charge on any atom is -0.488 e. The molecule has 5 heteroatoms. The monoisotopic (exact) mass is 297 g/mol. The summed E-state index contributed by atoms with van der Waals surface area (Å²) in [6.07, 6.45) is 0. The molecule has 22 heavy (non-hydrogen) atoms. The van der Waals surface area contributed by atoms with Gasteiger partial charge in [-0.1, -0.05) is 36.4 Å². The lowest BCUT2D eigenvalue weighted by Crippen LogP contribution is -2.24. The summed E-state index contributed by atoms with van der Waals surface area (Å²) in [6, 6.07) is 12.4. The van der Waals surface area contributed by atoms with E-state index >= 15 is 0 Å². The zero-order chi connectivity index (χ0) is 15.7. The summed E-state index contributed by atoms with van der Waals surface area (Å²) < 4.78 is 5.79. The molecule has 5 nitrogen and oxygen atoms in total. The minimum atomic E-state index is -0.471. The maximum Gasteiger partial charge on any atom is 0.243 e. The highest BCUT2D eigenvalue weighted by Gasteiger charge is 2.24. The van der Waals surface area contributed by atoms with Gasteiger partial charge >= 0.3 is 0 Å². The number of hydrogen-bond donors (Lipinski definition) is 1. The van der Waals surface area contributed by atoms with Gasteiger partial charge in [0.25, 0.3) is 0 Å². The summed E-state index contributed by atoms with van der Waals surface area (Å²) in [5.41, 5.74) is 2.48. The van der Waals surface area contributed by atoms with Crippen LogP contribution in [0.5, 0.6) is 5.75 Å². The number of amides is 1. The summed E-state index contributed by atoms with van der Waals surface area (Å²) >= 11 is 0. The van der Waals surface area contributed by atoms with Crippen LogP contribution >= 0.6 is 0 Å². The van der Waals surface area contributed by atoms with Gasteiger partial charge in [0.2, 0.25) is 5.91 Å². The molecule has 0 fully saturated rings. The average Bonchev–Trinajstić information content (AvgIpc) is 2.66. The molecule has 2 aromatic rings. The molecule has 1 aliphatic heterocycles. The fourth-order valence-electron chi connectivity index (χ4n) is 2.49. The summed E-state index contributed by atoms with van der Waals surface area (Å²) in [6.45, 7) is 1.52. The lowest BCUT2D eigenvalue weighted by Gasteiger charge is -2.16. The predicted octanol–water partition coefficient (Wildman–Crippen LogP) is 2.55. The van der Waals surface area contributed by atoms with Crippen molar-refractivity contribution in [1.29, 1.82) is 0 Å². The number of benzene rings is 2. The molecule has 112 valence electrons. The van der Waals surface area contributed by atoms with Crippen molar-refractivity contribution in [2.45, 2.75) is 20.1 Å². The molecule has 1 heterocycles. The number of nitrogens with zero attached hydrogens (tertiary/aromatic N) is 1. The van der Waals surface area contributed by atoms with E-state index in [0.29, 0.717) is 27.5 Å². The van der Waals surface area contributed by atoms with Crippen LogP contribution < -0.4 is 4.74 Å². The number of hydrogen-bond acceptors (Lipinski definition) is 4. The van der Waals surface area contributed by atoms with E-state index in [0.717, 1.165) is 5.56 Å². The van der Waals surface area contributed by atoms with Crippen molar-refractivity contribution in [3.05, 3.63) is 64.7 Å². The van der Waals surface area contributed by atoms with Crippen LogP contribution in [0, 0.1) is 0 Å². The van der Waals surface area contributed by atoms with Crippen molar-refractivity contribution >= 4 is 11.7 Å². The smallest absolute Gasteiger partial charge is 0.243 e. The molecule has 2 aromatic carbocycles. The lowest BCUT2D eigenvalue weighted by molar-refractivity contribution is -0.165. The zero-order valence-corrected chi connectivity index (χ0v) is 12.1. The number of hydroxylamine groups is 2. The van der Waals surface area contributed by atoms with Crippen LogP contribution in [-0.4, -0.2) is 22.0 Å². The molecule has 0 bridgehead atoms. The summed E-state index contributed by atoms with van der Waals surface area (Å²) in [5, 5.41) is 10.2. The standard InChI is InChI=1S/C17H15NO4/c1-11(19)18(21)9-12-6-4-8-15-16(20)14-7-3-2-5-13(14)10-22-17(12)15/h2-8,21H,9-10H2,1H3. The van der Waals surface area contributed by atoms with Crippen molar-refractivity contribution in [3.63, 3.8) is 0 Å². The first-order valence-corrected chi connectivity index (χ1v) is 6.92. The van der Waals surface area contributed by atoms with Crippen LogP contribution in [0.15, 0.2) is 42.5 Å². The van der Waals surface area contributed by atoms with Crippen LogP contribution in [0.25, 0.3) is 0 Å². The second-order valence-corrected chi connectivity index (χ2v) is 5.15. The summed E-state index contributed by atoms with van der Waals surface area (Å²) in [4.78, 5) is 23.9.